The van der Waals surface area contributed by atoms with Gasteiger partial charge < -0.3 is 0 Å². The molecule has 0 amide bonds. The Balaban J connectivity index is 2.40. The Labute approximate surface area is 99.1 Å². The lowest BCUT2D eigenvalue weighted by molar-refractivity contribution is 1.39. The van der Waals surface area contributed by atoms with E-state index in [9.17, 15) is 0 Å². The first kappa shape index (κ1) is 10.4. The zero-order valence-electron chi connectivity index (χ0n) is 8.70. The Morgan fingerprint density at radius 1 is 1.13 bits per heavy atom. The average Bonchev–Trinajstić information content (AvgIpc) is 2.43. The van der Waals surface area contributed by atoms with E-state index in [2.05, 4.69) is 65.3 Å². The molecule has 1 aromatic rings. The molecule has 1 heteroatoms. The van der Waals surface area contributed by atoms with Crippen LogP contribution in [0.3, 0.4) is 0 Å². The first-order valence-corrected chi connectivity index (χ1v) is 5.85. The maximum Gasteiger partial charge on any atom is 0.0207 e. The van der Waals surface area contributed by atoms with E-state index in [1.807, 2.05) is 6.07 Å². The van der Waals surface area contributed by atoms with Gasteiger partial charge in [0.1, 0.15) is 0 Å². The second kappa shape index (κ2) is 4.63. The highest BCUT2D eigenvalue weighted by Gasteiger charge is 2.04. The number of benzene rings is 1. The van der Waals surface area contributed by atoms with Crippen LogP contribution >= 0.6 is 15.9 Å². The fourth-order valence-electron chi connectivity index (χ4n) is 1.62. The zero-order valence-corrected chi connectivity index (χ0v) is 10.3. The minimum absolute atomic E-state index is 0.996. The van der Waals surface area contributed by atoms with E-state index < -0.39 is 0 Å². The summed E-state index contributed by atoms with van der Waals surface area (Å²) in [5, 5.41) is 0. The summed E-state index contributed by atoms with van der Waals surface area (Å²) < 4.78 is 1.18. The van der Waals surface area contributed by atoms with E-state index in [1.165, 1.54) is 21.2 Å². The Morgan fingerprint density at radius 2 is 1.87 bits per heavy atom. The van der Waals surface area contributed by atoms with Crippen LogP contribution in [0.15, 0.2) is 58.6 Å². The van der Waals surface area contributed by atoms with Crippen molar-refractivity contribution >= 4 is 21.5 Å². The van der Waals surface area contributed by atoms with Crippen LogP contribution in [0.1, 0.15) is 18.9 Å². The van der Waals surface area contributed by atoms with Gasteiger partial charge in [0.05, 0.1) is 0 Å². The molecule has 0 saturated heterocycles. The van der Waals surface area contributed by atoms with Gasteiger partial charge in [-0.2, -0.15) is 0 Å². The molecule has 0 atom stereocenters. The van der Waals surface area contributed by atoms with Crippen LogP contribution in [-0.2, 0) is 0 Å². The number of hydrogen-bond donors (Lipinski definition) is 0. The molecule has 15 heavy (non-hydrogen) atoms. The summed E-state index contributed by atoms with van der Waals surface area (Å²) in [4.78, 5) is 0. The highest BCUT2D eigenvalue weighted by atomic mass is 79.9. The molecule has 0 aromatic heterocycles. The molecule has 0 spiro atoms. The quantitative estimate of drug-likeness (QED) is 0.687. The van der Waals surface area contributed by atoms with Gasteiger partial charge in [-0.15, -0.1) is 0 Å². The van der Waals surface area contributed by atoms with Gasteiger partial charge in [0.25, 0.3) is 0 Å². The Bertz CT molecular complexity index is 436. The van der Waals surface area contributed by atoms with E-state index >= 15 is 0 Å². The highest BCUT2D eigenvalue weighted by molar-refractivity contribution is 9.11. The second-order valence-corrected chi connectivity index (χ2v) is 4.53. The monoisotopic (exact) mass is 260 g/mol. The first-order valence-electron chi connectivity index (χ1n) is 5.06. The van der Waals surface area contributed by atoms with Crippen LogP contribution in [-0.4, -0.2) is 0 Å². The predicted octanol–water partition coefficient (Wildman–Crippen LogP) is 4.70. The lowest BCUT2D eigenvalue weighted by atomic mass is 10.0. The molecule has 0 heterocycles. The predicted molar refractivity (Wildman–Crippen MR) is 69.8 cm³/mol. The molecule has 76 valence electrons. The van der Waals surface area contributed by atoms with Crippen molar-refractivity contribution in [2.75, 3.05) is 0 Å². The van der Waals surface area contributed by atoms with Gasteiger partial charge in [0.15, 0.2) is 0 Å². The normalized spacial score (nSPS) is 16.3. The molecule has 1 aliphatic carbocycles. The van der Waals surface area contributed by atoms with Gasteiger partial charge in [0.2, 0.25) is 0 Å². The van der Waals surface area contributed by atoms with Crippen molar-refractivity contribution in [3.8, 4) is 0 Å². The molecule has 0 radical (unpaired) electrons. The fraction of sp³-hybridized carbons (Fsp3) is 0.143. The van der Waals surface area contributed by atoms with Gasteiger partial charge in [-0.05, 0) is 36.1 Å². The van der Waals surface area contributed by atoms with Crippen LogP contribution in [0.2, 0.25) is 0 Å². The average molecular weight is 261 g/mol. The van der Waals surface area contributed by atoms with E-state index in [1.54, 1.807) is 0 Å². The third-order valence-corrected chi connectivity index (χ3v) is 3.38. The van der Waals surface area contributed by atoms with Crippen LogP contribution < -0.4 is 0 Å². The number of halogens is 1. The SMILES string of the molecule is CC1=C(Br)C=C(c2ccccc2)CC=C1. The molecular formula is C14H13Br. The number of allylic oxidation sites excluding steroid dienone is 6. The zero-order chi connectivity index (χ0) is 10.7. The van der Waals surface area contributed by atoms with Crippen LogP contribution in [0.4, 0.5) is 0 Å². The summed E-state index contributed by atoms with van der Waals surface area (Å²) in [5.74, 6) is 0. The Hall–Kier alpha value is -1.08. The lowest BCUT2D eigenvalue weighted by Crippen LogP contribution is -1.81. The standard InChI is InChI=1S/C14H13Br/c1-11-6-5-9-13(10-14(11)15)12-7-3-2-4-8-12/h2-8,10H,9H2,1H3. The van der Waals surface area contributed by atoms with E-state index in [0.29, 0.717) is 0 Å². The maximum absolute atomic E-state index is 3.59. The Kier molecular flexibility index (Phi) is 3.22. The molecule has 0 fully saturated rings. The molecule has 2 rings (SSSR count). The molecule has 0 unspecified atom stereocenters. The van der Waals surface area contributed by atoms with E-state index in [4.69, 9.17) is 0 Å². The van der Waals surface area contributed by atoms with Gasteiger partial charge >= 0.3 is 0 Å². The summed E-state index contributed by atoms with van der Waals surface area (Å²) in [6, 6.07) is 10.5. The first-order chi connectivity index (χ1) is 7.27. The van der Waals surface area contributed by atoms with Crippen molar-refractivity contribution in [1.29, 1.82) is 0 Å². The van der Waals surface area contributed by atoms with Crippen LogP contribution in [0, 0.1) is 0 Å². The summed E-state index contributed by atoms with van der Waals surface area (Å²) in [6.45, 7) is 2.12. The van der Waals surface area contributed by atoms with Crippen molar-refractivity contribution in [2.45, 2.75) is 13.3 Å². The van der Waals surface area contributed by atoms with Crippen LogP contribution in [0.5, 0.6) is 0 Å². The molecular weight excluding hydrogens is 248 g/mol. The largest absolute Gasteiger partial charge is 0.0798 e. The summed E-state index contributed by atoms with van der Waals surface area (Å²) in [6.07, 6.45) is 7.58. The van der Waals surface area contributed by atoms with Crippen molar-refractivity contribution in [3.63, 3.8) is 0 Å². The molecule has 1 aliphatic rings. The van der Waals surface area contributed by atoms with E-state index in [0.717, 1.165) is 6.42 Å². The third-order valence-electron chi connectivity index (χ3n) is 2.53. The second-order valence-electron chi connectivity index (χ2n) is 3.67. The molecule has 0 aliphatic heterocycles. The summed E-state index contributed by atoms with van der Waals surface area (Å²) in [7, 11) is 0. The minimum atomic E-state index is 0.996. The van der Waals surface area contributed by atoms with Gasteiger partial charge in [-0.3, -0.25) is 0 Å². The topological polar surface area (TPSA) is 0 Å². The molecule has 0 bridgehead atoms. The minimum Gasteiger partial charge on any atom is -0.0798 e. The Morgan fingerprint density at radius 3 is 2.60 bits per heavy atom. The fourth-order valence-corrected chi connectivity index (χ4v) is 2.03. The van der Waals surface area contributed by atoms with Crippen molar-refractivity contribution in [2.24, 2.45) is 0 Å². The van der Waals surface area contributed by atoms with E-state index in [-0.39, 0.29) is 0 Å². The molecule has 1 aromatic carbocycles. The molecule has 0 nitrogen and oxygen atoms in total. The third kappa shape index (κ3) is 2.48. The van der Waals surface area contributed by atoms with Gasteiger partial charge in [-0.25, -0.2) is 0 Å². The van der Waals surface area contributed by atoms with Crippen molar-refractivity contribution in [1.82, 2.24) is 0 Å². The van der Waals surface area contributed by atoms with Crippen molar-refractivity contribution < 1.29 is 0 Å². The molecule has 0 saturated carbocycles. The smallest absolute Gasteiger partial charge is 0.0207 e. The maximum atomic E-state index is 3.59. The van der Waals surface area contributed by atoms with Gasteiger partial charge in [0, 0.05) is 4.48 Å². The summed E-state index contributed by atoms with van der Waals surface area (Å²) >= 11 is 3.59. The van der Waals surface area contributed by atoms with Crippen molar-refractivity contribution in [3.05, 3.63) is 64.2 Å². The number of rotatable bonds is 1. The summed E-state index contributed by atoms with van der Waals surface area (Å²) in [5.41, 5.74) is 3.94. The molecule has 0 N–H and O–H groups in total. The van der Waals surface area contributed by atoms with Crippen LogP contribution in [0.25, 0.3) is 5.57 Å². The number of hydrogen-bond acceptors (Lipinski definition) is 0. The lowest BCUT2D eigenvalue weighted by Gasteiger charge is -2.03. The highest BCUT2D eigenvalue weighted by Crippen LogP contribution is 2.27. The van der Waals surface area contributed by atoms with Gasteiger partial charge in [-0.1, -0.05) is 58.4 Å².